The van der Waals surface area contributed by atoms with Crippen LogP contribution in [0.1, 0.15) is 29.5 Å². The zero-order valence-corrected chi connectivity index (χ0v) is 18.1. The number of amides is 1. The highest BCUT2D eigenvalue weighted by atomic mass is 32.2. The largest absolute Gasteiger partial charge is 0.378 e. The molecule has 0 saturated carbocycles. The van der Waals surface area contributed by atoms with E-state index in [0.717, 1.165) is 55.8 Å². The van der Waals surface area contributed by atoms with Gasteiger partial charge < -0.3 is 14.5 Å². The second-order valence-corrected chi connectivity index (χ2v) is 8.53. The Bertz CT molecular complexity index is 952. The minimum Gasteiger partial charge on any atom is -0.378 e. The number of ether oxygens (including phenoxy) is 1. The first-order chi connectivity index (χ1) is 14.7. The third-order valence-electron chi connectivity index (χ3n) is 5.73. The number of nitrogens with zero attached hydrogens (tertiary/aromatic N) is 4. The molecular formula is C23H26N4O2S. The summed E-state index contributed by atoms with van der Waals surface area (Å²) in [6.45, 7) is 3.01. The van der Waals surface area contributed by atoms with E-state index in [0.29, 0.717) is 23.8 Å². The van der Waals surface area contributed by atoms with Crippen molar-refractivity contribution in [2.24, 2.45) is 0 Å². The molecule has 6 nitrogen and oxygen atoms in total. The summed E-state index contributed by atoms with van der Waals surface area (Å²) in [7, 11) is 1.78. The molecule has 156 valence electrons. The highest BCUT2D eigenvalue weighted by Crippen LogP contribution is 2.36. The molecule has 1 aliphatic heterocycles. The van der Waals surface area contributed by atoms with E-state index in [9.17, 15) is 10.1 Å². The Morgan fingerprint density at radius 3 is 2.60 bits per heavy atom. The first kappa shape index (κ1) is 20.7. The molecule has 0 unspecified atom stereocenters. The van der Waals surface area contributed by atoms with Crippen LogP contribution in [0.15, 0.2) is 35.4 Å². The van der Waals surface area contributed by atoms with E-state index in [4.69, 9.17) is 9.72 Å². The summed E-state index contributed by atoms with van der Waals surface area (Å²) < 4.78 is 5.51. The number of morpholine rings is 1. The second kappa shape index (κ2) is 9.50. The van der Waals surface area contributed by atoms with Crippen LogP contribution in [0.25, 0.3) is 0 Å². The summed E-state index contributed by atoms with van der Waals surface area (Å²) in [5.74, 6) is 1.22. The molecule has 0 N–H and O–H groups in total. The predicted molar refractivity (Wildman–Crippen MR) is 119 cm³/mol. The summed E-state index contributed by atoms with van der Waals surface area (Å²) in [6, 6.07) is 12.0. The van der Waals surface area contributed by atoms with Gasteiger partial charge in [0.1, 0.15) is 16.9 Å². The van der Waals surface area contributed by atoms with Crippen molar-refractivity contribution in [3.63, 3.8) is 0 Å². The summed E-state index contributed by atoms with van der Waals surface area (Å²) in [4.78, 5) is 21.6. The van der Waals surface area contributed by atoms with Crippen LogP contribution in [0.4, 0.5) is 11.5 Å². The van der Waals surface area contributed by atoms with Gasteiger partial charge in [0.2, 0.25) is 5.91 Å². The van der Waals surface area contributed by atoms with Crippen LogP contribution < -0.4 is 9.80 Å². The molecule has 0 radical (unpaired) electrons. The third kappa shape index (κ3) is 4.30. The van der Waals surface area contributed by atoms with Crippen molar-refractivity contribution in [2.45, 2.75) is 30.7 Å². The number of thioether (sulfide) groups is 1. The van der Waals surface area contributed by atoms with Crippen molar-refractivity contribution in [1.82, 2.24) is 4.98 Å². The number of benzene rings is 1. The fourth-order valence-electron chi connectivity index (χ4n) is 4.06. The van der Waals surface area contributed by atoms with Gasteiger partial charge in [0, 0.05) is 25.8 Å². The summed E-state index contributed by atoms with van der Waals surface area (Å²) in [6.07, 6.45) is 4.09. The Morgan fingerprint density at radius 2 is 1.90 bits per heavy atom. The molecule has 1 amide bonds. The van der Waals surface area contributed by atoms with Crippen LogP contribution in [-0.4, -0.2) is 50.0 Å². The van der Waals surface area contributed by atoms with Crippen molar-refractivity contribution in [3.05, 3.63) is 47.0 Å². The number of hydrogen-bond donors (Lipinski definition) is 0. The van der Waals surface area contributed by atoms with Gasteiger partial charge in [-0.15, -0.1) is 0 Å². The van der Waals surface area contributed by atoms with E-state index in [1.54, 1.807) is 11.9 Å². The zero-order chi connectivity index (χ0) is 20.9. The zero-order valence-electron chi connectivity index (χ0n) is 17.3. The van der Waals surface area contributed by atoms with Crippen LogP contribution in [0.3, 0.4) is 0 Å². The molecule has 1 aromatic carbocycles. The van der Waals surface area contributed by atoms with Crippen molar-refractivity contribution in [1.29, 1.82) is 5.26 Å². The highest BCUT2D eigenvalue weighted by Gasteiger charge is 2.26. The van der Waals surface area contributed by atoms with Crippen LogP contribution >= 0.6 is 11.8 Å². The fourth-order valence-corrected chi connectivity index (χ4v) is 4.97. The van der Waals surface area contributed by atoms with Gasteiger partial charge in [0.15, 0.2) is 0 Å². The molecule has 2 aliphatic rings. The predicted octanol–water partition coefficient (Wildman–Crippen LogP) is 3.42. The lowest BCUT2D eigenvalue weighted by Gasteiger charge is -2.32. The lowest BCUT2D eigenvalue weighted by molar-refractivity contribution is -0.115. The number of para-hydroxylation sites is 1. The normalized spacial score (nSPS) is 15.9. The van der Waals surface area contributed by atoms with Crippen molar-refractivity contribution in [2.75, 3.05) is 48.9 Å². The van der Waals surface area contributed by atoms with Gasteiger partial charge in [-0.05, 0) is 48.9 Å². The minimum absolute atomic E-state index is 0.0115. The average molecular weight is 423 g/mol. The molecule has 30 heavy (non-hydrogen) atoms. The Kier molecular flexibility index (Phi) is 6.56. The van der Waals surface area contributed by atoms with Gasteiger partial charge in [-0.3, -0.25) is 4.79 Å². The average Bonchev–Trinajstić information content (AvgIpc) is 2.82. The van der Waals surface area contributed by atoms with Gasteiger partial charge in [0.05, 0.1) is 24.5 Å². The van der Waals surface area contributed by atoms with Crippen LogP contribution in [-0.2, 0) is 22.4 Å². The summed E-state index contributed by atoms with van der Waals surface area (Å²) in [5.41, 5.74) is 3.86. The topological polar surface area (TPSA) is 69.5 Å². The Hall–Kier alpha value is -2.56. The van der Waals surface area contributed by atoms with Gasteiger partial charge >= 0.3 is 0 Å². The van der Waals surface area contributed by atoms with E-state index in [1.807, 2.05) is 30.3 Å². The number of aromatic nitrogens is 1. The maximum absolute atomic E-state index is 12.8. The summed E-state index contributed by atoms with van der Waals surface area (Å²) >= 11 is 1.37. The molecule has 2 heterocycles. The second-order valence-electron chi connectivity index (χ2n) is 7.57. The molecule has 1 aromatic heterocycles. The quantitative estimate of drug-likeness (QED) is 0.688. The number of rotatable bonds is 5. The Balaban J connectivity index is 1.60. The lowest BCUT2D eigenvalue weighted by Crippen LogP contribution is -2.38. The molecule has 1 fully saturated rings. The van der Waals surface area contributed by atoms with Gasteiger partial charge in [0.25, 0.3) is 0 Å². The van der Waals surface area contributed by atoms with Gasteiger partial charge in [-0.1, -0.05) is 30.0 Å². The van der Waals surface area contributed by atoms with E-state index in [2.05, 4.69) is 11.0 Å². The SMILES string of the molecule is CN(C(=O)CSc1nc(N2CCOCC2)c2c(c1C#N)CCCC2)c1ccccc1. The first-order valence-electron chi connectivity index (χ1n) is 10.4. The van der Waals surface area contributed by atoms with Gasteiger partial charge in [-0.2, -0.15) is 5.26 Å². The summed E-state index contributed by atoms with van der Waals surface area (Å²) in [5, 5.41) is 10.6. The van der Waals surface area contributed by atoms with Crippen molar-refractivity contribution < 1.29 is 9.53 Å². The number of carbonyl (C=O) groups is 1. The van der Waals surface area contributed by atoms with Crippen LogP contribution in [0, 0.1) is 11.3 Å². The maximum Gasteiger partial charge on any atom is 0.237 e. The van der Waals surface area contributed by atoms with Crippen LogP contribution in [0.5, 0.6) is 0 Å². The number of hydrogen-bond acceptors (Lipinski definition) is 6. The Labute approximate surface area is 181 Å². The van der Waals surface area contributed by atoms with Crippen molar-refractivity contribution >= 4 is 29.2 Å². The first-order valence-corrected chi connectivity index (χ1v) is 11.4. The third-order valence-corrected chi connectivity index (χ3v) is 6.69. The number of anilines is 2. The van der Waals surface area contributed by atoms with Crippen LogP contribution in [0.2, 0.25) is 0 Å². The molecule has 1 saturated heterocycles. The highest BCUT2D eigenvalue weighted by molar-refractivity contribution is 8.00. The monoisotopic (exact) mass is 422 g/mol. The smallest absolute Gasteiger partial charge is 0.237 e. The molecule has 2 aromatic rings. The molecule has 0 atom stereocenters. The Morgan fingerprint density at radius 1 is 1.20 bits per heavy atom. The number of nitriles is 1. The van der Waals surface area contributed by atoms with E-state index < -0.39 is 0 Å². The maximum atomic E-state index is 12.8. The van der Waals surface area contributed by atoms with E-state index in [-0.39, 0.29) is 11.7 Å². The number of fused-ring (bicyclic) bond motifs is 1. The molecule has 0 spiro atoms. The van der Waals surface area contributed by atoms with Crippen molar-refractivity contribution in [3.8, 4) is 6.07 Å². The van der Waals surface area contributed by atoms with E-state index in [1.165, 1.54) is 17.3 Å². The molecular weight excluding hydrogens is 396 g/mol. The van der Waals surface area contributed by atoms with E-state index >= 15 is 0 Å². The number of pyridine rings is 1. The fraction of sp³-hybridized carbons (Fsp3) is 0.435. The van der Waals surface area contributed by atoms with Gasteiger partial charge in [-0.25, -0.2) is 4.98 Å². The number of carbonyl (C=O) groups excluding carboxylic acids is 1. The molecule has 7 heteroatoms. The lowest BCUT2D eigenvalue weighted by atomic mass is 9.89. The molecule has 1 aliphatic carbocycles. The molecule has 4 rings (SSSR count). The minimum atomic E-state index is -0.0115. The molecule has 0 bridgehead atoms. The standard InChI is InChI=1S/C23H26N4O2S/c1-26(17-7-3-2-4-8-17)21(28)16-30-23-20(15-24)18-9-5-6-10-19(18)22(25-23)27-11-13-29-14-12-27/h2-4,7-8H,5-6,9-14,16H2,1H3.